The highest BCUT2D eigenvalue weighted by atomic mass is 127. The van der Waals surface area contributed by atoms with E-state index in [1.54, 1.807) is 11.3 Å². The van der Waals surface area contributed by atoms with E-state index < -0.39 is 0 Å². The Bertz CT molecular complexity index is 352. The number of nitrogens with one attached hydrogen (secondary N) is 1. The molecule has 90 valence electrons. The van der Waals surface area contributed by atoms with Gasteiger partial charge in [-0.15, -0.1) is 11.3 Å². The second-order valence-electron chi connectivity index (χ2n) is 3.89. The summed E-state index contributed by atoms with van der Waals surface area (Å²) in [5.74, 6) is -0.0790. The van der Waals surface area contributed by atoms with Crippen molar-refractivity contribution in [3.05, 3.63) is 19.9 Å². The highest BCUT2D eigenvalue weighted by Crippen LogP contribution is 2.18. The molecular formula is C11H17IN2OS. The maximum absolute atomic E-state index is 11.6. The molecule has 0 fully saturated rings. The lowest BCUT2D eigenvalue weighted by Crippen LogP contribution is -2.39. The van der Waals surface area contributed by atoms with Crippen molar-refractivity contribution in [2.24, 2.45) is 11.7 Å². The molecule has 0 saturated carbocycles. The van der Waals surface area contributed by atoms with E-state index in [1.807, 2.05) is 13.8 Å². The molecule has 3 nitrogen and oxygen atoms in total. The van der Waals surface area contributed by atoms with Crippen molar-refractivity contribution >= 4 is 39.8 Å². The molecule has 5 heteroatoms. The largest absolute Gasteiger partial charge is 0.355 e. The number of thiophene rings is 1. The van der Waals surface area contributed by atoms with E-state index in [0.717, 1.165) is 6.42 Å². The Morgan fingerprint density at radius 1 is 1.56 bits per heavy atom. The SMILES string of the molecule is CC(N)C(C)C(=O)NCCc1ccc(I)s1. The average Bonchev–Trinajstić information content (AvgIpc) is 2.62. The molecule has 0 aliphatic carbocycles. The molecule has 0 radical (unpaired) electrons. The van der Waals surface area contributed by atoms with E-state index in [0.29, 0.717) is 6.54 Å². The first kappa shape index (κ1) is 13.9. The van der Waals surface area contributed by atoms with Crippen LogP contribution < -0.4 is 11.1 Å². The zero-order chi connectivity index (χ0) is 12.1. The normalized spacial score (nSPS) is 14.5. The minimum atomic E-state index is -0.122. The second kappa shape index (κ2) is 6.56. The number of hydrogen-bond donors (Lipinski definition) is 2. The Morgan fingerprint density at radius 3 is 2.75 bits per heavy atom. The number of hydrogen-bond acceptors (Lipinski definition) is 3. The van der Waals surface area contributed by atoms with Gasteiger partial charge in [-0.05, 0) is 48.1 Å². The molecule has 16 heavy (non-hydrogen) atoms. The summed E-state index contributed by atoms with van der Waals surface area (Å²) < 4.78 is 1.28. The van der Waals surface area contributed by atoms with Gasteiger partial charge in [0.2, 0.25) is 5.91 Å². The molecule has 1 aromatic rings. The van der Waals surface area contributed by atoms with Crippen LogP contribution in [0.3, 0.4) is 0 Å². The van der Waals surface area contributed by atoms with Gasteiger partial charge in [-0.3, -0.25) is 4.79 Å². The molecule has 3 N–H and O–H groups in total. The van der Waals surface area contributed by atoms with Gasteiger partial charge >= 0.3 is 0 Å². The lowest BCUT2D eigenvalue weighted by molar-refractivity contribution is -0.124. The van der Waals surface area contributed by atoms with E-state index >= 15 is 0 Å². The summed E-state index contributed by atoms with van der Waals surface area (Å²) in [5, 5.41) is 2.91. The van der Waals surface area contributed by atoms with Crippen LogP contribution in [0.2, 0.25) is 0 Å². The van der Waals surface area contributed by atoms with Gasteiger partial charge in [0.1, 0.15) is 0 Å². The Morgan fingerprint density at radius 2 is 2.25 bits per heavy atom. The number of carbonyl (C=O) groups is 1. The number of nitrogens with two attached hydrogens (primary N) is 1. The molecule has 0 saturated heterocycles. The van der Waals surface area contributed by atoms with Crippen molar-refractivity contribution < 1.29 is 4.79 Å². The molecule has 0 bridgehead atoms. The molecule has 0 aromatic carbocycles. The van der Waals surface area contributed by atoms with E-state index in [-0.39, 0.29) is 17.9 Å². The summed E-state index contributed by atoms with van der Waals surface area (Å²) in [5.41, 5.74) is 5.66. The van der Waals surface area contributed by atoms with Crippen LogP contribution in [-0.2, 0) is 11.2 Å². The second-order valence-corrected chi connectivity index (χ2v) is 6.96. The van der Waals surface area contributed by atoms with Crippen LogP contribution in [0.5, 0.6) is 0 Å². The minimum Gasteiger partial charge on any atom is -0.355 e. The summed E-state index contributed by atoms with van der Waals surface area (Å²) in [6.45, 7) is 4.40. The number of halogens is 1. The van der Waals surface area contributed by atoms with Crippen LogP contribution in [0.1, 0.15) is 18.7 Å². The van der Waals surface area contributed by atoms with E-state index in [1.165, 1.54) is 7.76 Å². The zero-order valence-electron chi connectivity index (χ0n) is 9.50. The van der Waals surface area contributed by atoms with Gasteiger partial charge in [-0.25, -0.2) is 0 Å². The summed E-state index contributed by atoms with van der Waals surface area (Å²) in [4.78, 5) is 12.9. The first-order valence-electron chi connectivity index (χ1n) is 5.28. The molecule has 1 heterocycles. The van der Waals surface area contributed by atoms with E-state index in [9.17, 15) is 4.79 Å². The molecule has 1 amide bonds. The van der Waals surface area contributed by atoms with Crippen molar-refractivity contribution in [3.8, 4) is 0 Å². The number of rotatable bonds is 5. The van der Waals surface area contributed by atoms with Gasteiger partial charge in [0, 0.05) is 23.4 Å². The first-order chi connectivity index (χ1) is 7.50. The Labute approximate surface area is 114 Å². The Balaban J connectivity index is 2.28. The summed E-state index contributed by atoms with van der Waals surface area (Å²) in [6, 6.07) is 4.10. The average molecular weight is 352 g/mol. The van der Waals surface area contributed by atoms with Crippen molar-refractivity contribution in [1.29, 1.82) is 0 Å². The third-order valence-corrected chi connectivity index (χ3v) is 4.46. The third-order valence-electron chi connectivity index (χ3n) is 2.50. The number of amides is 1. The van der Waals surface area contributed by atoms with Crippen LogP contribution in [0, 0.1) is 8.80 Å². The summed E-state index contributed by atoms with van der Waals surface area (Å²) in [6.07, 6.45) is 0.894. The molecule has 2 unspecified atom stereocenters. The van der Waals surface area contributed by atoms with Gasteiger partial charge in [-0.2, -0.15) is 0 Å². The zero-order valence-corrected chi connectivity index (χ0v) is 12.5. The van der Waals surface area contributed by atoms with Crippen molar-refractivity contribution in [1.82, 2.24) is 5.32 Å². The van der Waals surface area contributed by atoms with Gasteiger partial charge in [0.05, 0.1) is 2.88 Å². The molecule has 2 atom stereocenters. The van der Waals surface area contributed by atoms with Crippen molar-refractivity contribution in [3.63, 3.8) is 0 Å². The Hall–Kier alpha value is -0.140. The monoisotopic (exact) mass is 352 g/mol. The molecule has 0 spiro atoms. The van der Waals surface area contributed by atoms with Crippen LogP contribution in [-0.4, -0.2) is 18.5 Å². The van der Waals surface area contributed by atoms with Gasteiger partial charge in [0.15, 0.2) is 0 Å². The van der Waals surface area contributed by atoms with E-state index in [2.05, 4.69) is 40.0 Å². The van der Waals surface area contributed by atoms with Crippen LogP contribution in [0.15, 0.2) is 12.1 Å². The Kier molecular flexibility index (Phi) is 5.71. The minimum absolute atomic E-state index is 0.0428. The lowest BCUT2D eigenvalue weighted by atomic mass is 10.0. The fourth-order valence-corrected chi connectivity index (χ4v) is 2.95. The first-order valence-corrected chi connectivity index (χ1v) is 7.17. The molecular weight excluding hydrogens is 335 g/mol. The van der Waals surface area contributed by atoms with Crippen molar-refractivity contribution in [2.45, 2.75) is 26.3 Å². The summed E-state index contributed by atoms with van der Waals surface area (Å²) in [7, 11) is 0. The standard InChI is InChI=1S/C11H17IN2OS/c1-7(8(2)13)11(15)14-6-5-9-3-4-10(12)16-9/h3-4,7-8H,5-6,13H2,1-2H3,(H,14,15). The quantitative estimate of drug-likeness (QED) is 0.797. The molecule has 1 aromatic heterocycles. The molecule has 0 aliphatic heterocycles. The molecule has 0 aliphatic rings. The highest BCUT2D eigenvalue weighted by Gasteiger charge is 2.16. The van der Waals surface area contributed by atoms with Crippen LogP contribution in [0.25, 0.3) is 0 Å². The predicted octanol–water partition coefficient (Wildman–Crippen LogP) is 1.99. The van der Waals surface area contributed by atoms with Crippen LogP contribution >= 0.6 is 33.9 Å². The van der Waals surface area contributed by atoms with Gasteiger partial charge < -0.3 is 11.1 Å². The van der Waals surface area contributed by atoms with Crippen LogP contribution in [0.4, 0.5) is 0 Å². The maximum Gasteiger partial charge on any atom is 0.224 e. The predicted molar refractivity (Wildman–Crippen MR) is 76.6 cm³/mol. The third kappa shape index (κ3) is 4.39. The fraction of sp³-hybridized carbons (Fsp3) is 0.545. The fourth-order valence-electron chi connectivity index (χ4n) is 1.19. The van der Waals surface area contributed by atoms with Gasteiger partial charge in [0.25, 0.3) is 0 Å². The van der Waals surface area contributed by atoms with Gasteiger partial charge in [-0.1, -0.05) is 6.92 Å². The lowest BCUT2D eigenvalue weighted by Gasteiger charge is -2.14. The number of carbonyl (C=O) groups excluding carboxylic acids is 1. The smallest absolute Gasteiger partial charge is 0.224 e. The maximum atomic E-state index is 11.6. The van der Waals surface area contributed by atoms with Crippen molar-refractivity contribution in [2.75, 3.05) is 6.54 Å². The highest BCUT2D eigenvalue weighted by molar-refractivity contribution is 14.1. The topological polar surface area (TPSA) is 55.1 Å². The molecule has 1 rings (SSSR count). The van der Waals surface area contributed by atoms with E-state index in [4.69, 9.17) is 5.73 Å². The summed E-state index contributed by atoms with van der Waals surface area (Å²) >= 11 is 4.06.